The van der Waals surface area contributed by atoms with E-state index in [1.165, 1.54) is 0 Å². The first-order valence-corrected chi connectivity index (χ1v) is 9.35. The van der Waals surface area contributed by atoms with E-state index in [4.69, 9.17) is 51.2 Å². The summed E-state index contributed by atoms with van der Waals surface area (Å²) in [6, 6.07) is 10.4. The number of carbonyl (C=O) groups is 1. The molecule has 1 N–H and O–H groups in total. The number of halogens is 4. The Morgan fingerprint density at radius 3 is 2.46 bits per heavy atom. The average molecular weight is 432 g/mol. The smallest absolute Gasteiger partial charge is 0.264 e. The highest BCUT2D eigenvalue weighted by Gasteiger charge is 2.29. The van der Waals surface area contributed by atoms with Gasteiger partial charge < -0.3 is 10.2 Å². The zero-order valence-electron chi connectivity index (χ0n) is 13.4. The first-order chi connectivity index (χ1) is 12.4. The third kappa shape index (κ3) is 4.63. The second-order valence-electron chi connectivity index (χ2n) is 5.74. The number of nitrogens with zero attached hydrogens (tertiary/aromatic N) is 1. The van der Waals surface area contributed by atoms with E-state index in [-0.39, 0.29) is 5.91 Å². The molecule has 1 heterocycles. The maximum atomic E-state index is 12.3. The monoisotopic (exact) mass is 430 g/mol. The van der Waals surface area contributed by atoms with Crippen molar-refractivity contribution in [3.63, 3.8) is 0 Å². The van der Waals surface area contributed by atoms with Crippen molar-refractivity contribution in [3.8, 4) is 0 Å². The molecule has 0 saturated carbocycles. The van der Waals surface area contributed by atoms with E-state index in [2.05, 4.69) is 10.5 Å². The molecule has 0 fully saturated rings. The molecule has 1 amide bonds. The molecule has 136 valence electrons. The summed E-state index contributed by atoms with van der Waals surface area (Å²) >= 11 is 24.1. The van der Waals surface area contributed by atoms with Crippen LogP contribution in [0, 0.1) is 0 Å². The highest BCUT2D eigenvalue weighted by molar-refractivity contribution is 6.37. The van der Waals surface area contributed by atoms with Crippen LogP contribution in [-0.2, 0) is 16.1 Å². The summed E-state index contributed by atoms with van der Waals surface area (Å²) in [5.74, 6) is -0.237. The summed E-state index contributed by atoms with van der Waals surface area (Å²) in [5.41, 5.74) is 2.24. The molecule has 0 spiro atoms. The molecule has 2 aromatic rings. The quantitative estimate of drug-likeness (QED) is 0.711. The summed E-state index contributed by atoms with van der Waals surface area (Å²) in [6.45, 7) is 0.428. The Balaban J connectivity index is 1.52. The van der Waals surface area contributed by atoms with Crippen molar-refractivity contribution < 1.29 is 9.63 Å². The minimum atomic E-state index is -0.683. The second kappa shape index (κ2) is 8.49. The molecule has 2 aromatic carbocycles. The molecular formula is C18H14Cl4N2O2. The van der Waals surface area contributed by atoms with Crippen molar-refractivity contribution in [2.24, 2.45) is 5.16 Å². The summed E-state index contributed by atoms with van der Waals surface area (Å²) in [6.07, 6.45) is 0.248. The van der Waals surface area contributed by atoms with Gasteiger partial charge in [0.15, 0.2) is 0 Å². The lowest BCUT2D eigenvalue weighted by molar-refractivity contribution is -0.131. The van der Waals surface area contributed by atoms with Gasteiger partial charge in [0.05, 0.1) is 10.7 Å². The summed E-state index contributed by atoms with van der Waals surface area (Å²) < 4.78 is 0. The molecule has 0 saturated heterocycles. The zero-order chi connectivity index (χ0) is 18.7. The fourth-order valence-corrected chi connectivity index (χ4v) is 3.58. The Bertz CT molecular complexity index is 870. The maximum Gasteiger partial charge on any atom is 0.264 e. The topological polar surface area (TPSA) is 50.7 Å². The Morgan fingerprint density at radius 1 is 1.08 bits per heavy atom. The largest absolute Gasteiger partial charge is 0.382 e. The molecular weight excluding hydrogens is 418 g/mol. The SMILES string of the molecule is O=C(NCCc1ccc(Cl)cc1Cl)[C@@H]1CC(c2ccc(Cl)cc2Cl)=NO1. The van der Waals surface area contributed by atoms with E-state index in [1.807, 2.05) is 6.07 Å². The van der Waals surface area contributed by atoms with E-state index in [0.29, 0.717) is 50.8 Å². The molecule has 0 aliphatic carbocycles. The lowest BCUT2D eigenvalue weighted by atomic mass is 10.0. The van der Waals surface area contributed by atoms with E-state index < -0.39 is 6.10 Å². The van der Waals surface area contributed by atoms with Gasteiger partial charge in [0.25, 0.3) is 5.91 Å². The Kier molecular flexibility index (Phi) is 6.30. The minimum absolute atomic E-state index is 0.237. The van der Waals surface area contributed by atoms with Crippen molar-refractivity contribution in [1.82, 2.24) is 5.32 Å². The van der Waals surface area contributed by atoms with E-state index in [0.717, 1.165) is 5.56 Å². The van der Waals surface area contributed by atoms with Gasteiger partial charge in [-0.25, -0.2) is 0 Å². The van der Waals surface area contributed by atoms with Gasteiger partial charge in [0.2, 0.25) is 6.10 Å². The first kappa shape index (κ1) is 19.3. The molecule has 0 unspecified atom stereocenters. The standard InChI is InChI=1S/C18H14Cl4N2O2/c19-11-2-1-10(14(21)7-11)5-6-23-18(25)17-9-16(24-26-17)13-4-3-12(20)8-15(13)22/h1-4,7-8,17H,5-6,9H2,(H,23,25)/t17-/m0/s1. The fourth-order valence-electron chi connectivity index (χ4n) is 2.56. The molecule has 1 atom stereocenters. The molecule has 0 bridgehead atoms. The van der Waals surface area contributed by atoms with Crippen molar-refractivity contribution in [3.05, 3.63) is 67.6 Å². The van der Waals surface area contributed by atoms with Crippen LogP contribution >= 0.6 is 46.4 Å². The van der Waals surface area contributed by atoms with E-state index in [1.54, 1.807) is 30.3 Å². The van der Waals surface area contributed by atoms with Crippen molar-refractivity contribution in [2.45, 2.75) is 18.9 Å². The third-order valence-corrected chi connectivity index (χ3v) is 5.05. The predicted octanol–water partition coefficient (Wildman–Crippen LogP) is 5.15. The minimum Gasteiger partial charge on any atom is -0.382 e. The number of benzene rings is 2. The van der Waals surface area contributed by atoms with Gasteiger partial charge in [0.1, 0.15) is 0 Å². The van der Waals surface area contributed by atoms with Crippen LogP contribution in [0.25, 0.3) is 0 Å². The van der Waals surface area contributed by atoms with Crippen LogP contribution < -0.4 is 5.32 Å². The average Bonchev–Trinajstić information content (AvgIpc) is 3.06. The molecule has 26 heavy (non-hydrogen) atoms. The summed E-state index contributed by atoms with van der Waals surface area (Å²) in [5, 5.41) is 8.97. The van der Waals surface area contributed by atoms with Crippen LogP contribution in [0.5, 0.6) is 0 Å². The number of hydrogen-bond donors (Lipinski definition) is 1. The Labute approximate surface area is 171 Å². The first-order valence-electron chi connectivity index (χ1n) is 7.84. The molecule has 0 aromatic heterocycles. The number of carbonyl (C=O) groups excluding carboxylic acids is 1. The molecule has 3 rings (SSSR count). The van der Waals surface area contributed by atoms with E-state index >= 15 is 0 Å². The van der Waals surface area contributed by atoms with Gasteiger partial charge in [0, 0.05) is 33.6 Å². The van der Waals surface area contributed by atoms with Crippen LogP contribution in [0.15, 0.2) is 41.6 Å². The van der Waals surface area contributed by atoms with Gasteiger partial charge in [-0.2, -0.15) is 0 Å². The lowest BCUT2D eigenvalue weighted by Gasteiger charge is -2.10. The van der Waals surface area contributed by atoms with Crippen molar-refractivity contribution in [1.29, 1.82) is 0 Å². The highest BCUT2D eigenvalue weighted by atomic mass is 35.5. The normalized spacial score (nSPS) is 16.2. The highest BCUT2D eigenvalue weighted by Crippen LogP contribution is 2.26. The number of oxime groups is 1. The molecule has 4 nitrogen and oxygen atoms in total. The number of rotatable bonds is 5. The van der Waals surface area contributed by atoms with Gasteiger partial charge in [-0.1, -0.05) is 63.7 Å². The lowest BCUT2D eigenvalue weighted by Crippen LogP contribution is -2.36. The number of nitrogens with one attached hydrogen (secondary N) is 1. The predicted molar refractivity (Wildman–Crippen MR) is 106 cm³/mol. The molecule has 8 heteroatoms. The third-order valence-electron chi connectivity index (χ3n) is 3.91. The van der Waals surface area contributed by atoms with E-state index in [9.17, 15) is 4.79 Å². The van der Waals surface area contributed by atoms with Crippen LogP contribution in [0.1, 0.15) is 17.5 Å². The van der Waals surface area contributed by atoms with Crippen molar-refractivity contribution >= 4 is 58.0 Å². The van der Waals surface area contributed by atoms with Crippen LogP contribution in [0.4, 0.5) is 0 Å². The zero-order valence-corrected chi connectivity index (χ0v) is 16.5. The van der Waals surface area contributed by atoms with Crippen LogP contribution in [-0.4, -0.2) is 24.3 Å². The van der Waals surface area contributed by atoms with Gasteiger partial charge in [-0.05, 0) is 36.2 Å². The molecule has 0 radical (unpaired) electrons. The van der Waals surface area contributed by atoms with Crippen LogP contribution in [0.2, 0.25) is 20.1 Å². The van der Waals surface area contributed by atoms with Gasteiger partial charge in [-0.15, -0.1) is 0 Å². The Morgan fingerprint density at radius 2 is 1.77 bits per heavy atom. The summed E-state index contributed by atoms with van der Waals surface area (Å²) in [4.78, 5) is 17.5. The summed E-state index contributed by atoms with van der Waals surface area (Å²) in [7, 11) is 0. The second-order valence-corrected chi connectivity index (χ2v) is 7.42. The number of hydrogen-bond acceptors (Lipinski definition) is 3. The molecule has 1 aliphatic heterocycles. The number of amides is 1. The Hall–Kier alpha value is -1.46. The van der Waals surface area contributed by atoms with Crippen LogP contribution in [0.3, 0.4) is 0 Å². The molecule has 1 aliphatic rings. The van der Waals surface area contributed by atoms with Crippen molar-refractivity contribution in [2.75, 3.05) is 6.54 Å². The fraction of sp³-hybridized carbons (Fsp3) is 0.222. The van der Waals surface area contributed by atoms with Gasteiger partial charge in [-0.3, -0.25) is 4.79 Å². The van der Waals surface area contributed by atoms with Gasteiger partial charge >= 0.3 is 0 Å². The maximum absolute atomic E-state index is 12.3.